The van der Waals surface area contributed by atoms with Crippen LogP contribution in [0, 0.1) is 0 Å². The van der Waals surface area contributed by atoms with E-state index in [0.29, 0.717) is 11.8 Å². The van der Waals surface area contributed by atoms with Gasteiger partial charge in [0.25, 0.3) is 0 Å². The molecule has 0 spiro atoms. The molecule has 0 bridgehead atoms. The molecule has 2 N–H and O–H groups in total. The van der Waals surface area contributed by atoms with Crippen molar-refractivity contribution < 1.29 is 9.15 Å². The Labute approximate surface area is 111 Å². The van der Waals surface area contributed by atoms with Gasteiger partial charge in [-0.15, -0.1) is 10.2 Å². The molecule has 1 aromatic carbocycles. The van der Waals surface area contributed by atoms with E-state index in [4.69, 9.17) is 14.9 Å². The van der Waals surface area contributed by atoms with Crippen LogP contribution in [0.15, 0.2) is 34.7 Å². The molecule has 0 saturated carbocycles. The van der Waals surface area contributed by atoms with Crippen molar-refractivity contribution in [2.45, 2.75) is 38.0 Å². The average Bonchev–Trinajstić information content (AvgIpc) is 3.07. The van der Waals surface area contributed by atoms with Gasteiger partial charge in [-0.25, -0.2) is 0 Å². The van der Waals surface area contributed by atoms with Crippen molar-refractivity contribution >= 4 is 0 Å². The van der Waals surface area contributed by atoms with Gasteiger partial charge in [0, 0.05) is 0 Å². The normalized spacial score (nSPS) is 24.5. The third-order valence-corrected chi connectivity index (χ3v) is 3.39. The van der Waals surface area contributed by atoms with Crippen LogP contribution in [0.4, 0.5) is 0 Å². The molecule has 3 atom stereocenters. The molecule has 19 heavy (non-hydrogen) atoms. The minimum atomic E-state index is -0.388. The van der Waals surface area contributed by atoms with Gasteiger partial charge >= 0.3 is 0 Å². The number of benzene rings is 1. The van der Waals surface area contributed by atoms with Crippen molar-refractivity contribution in [1.29, 1.82) is 0 Å². The summed E-state index contributed by atoms with van der Waals surface area (Å²) in [5.74, 6) is 0.968. The first-order valence-corrected chi connectivity index (χ1v) is 6.53. The van der Waals surface area contributed by atoms with Crippen molar-refractivity contribution in [1.82, 2.24) is 10.2 Å². The van der Waals surface area contributed by atoms with Crippen molar-refractivity contribution in [3.63, 3.8) is 0 Å². The zero-order chi connectivity index (χ0) is 13.2. The highest BCUT2D eigenvalue weighted by molar-refractivity contribution is 5.22. The van der Waals surface area contributed by atoms with Crippen LogP contribution in [-0.4, -0.2) is 16.3 Å². The van der Waals surface area contributed by atoms with E-state index in [2.05, 4.69) is 10.2 Å². The lowest BCUT2D eigenvalue weighted by molar-refractivity contribution is 0.0383. The second-order valence-electron chi connectivity index (χ2n) is 4.88. The summed E-state index contributed by atoms with van der Waals surface area (Å²) in [6, 6.07) is 9.33. The van der Waals surface area contributed by atoms with Gasteiger partial charge in [0.05, 0.1) is 6.10 Å². The maximum Gasteiger partial charge on any atom is 0.245 e. The molecule has 5 nitrogen and oxygen atoms in total. The molecule has 3 unspecified atom stereocenters. The van der Waals surface area contributed by atoms with Crippen LogP contribution in [-0.2, 0) is 4.74 Å². The monoisotopic (exact) mass is 259 g/mol. The smallest absolute Gasteiger partial charge is 0.245 e. The quantitative estimate of drug-likeness (QED) is 0.915. The van der Waals surface area contributed by atoms with Crippen LogP contribution in [0.5, 0.6) is 0 Å². The van der Waals surface area contributed by atoms with Crippen LogP contribution in [0.25, 0.3) is 0 Å². The lowest BCUT2D eigenvalue weighted by Crippen LogP contribution is -2.12. The van der Waals surface area contributed by atoms with Crippen LogP contribution >= 0.6 is 0 Å². The Balaban J connectivity index is 1.78. The predicted octanol–water partition coefficient (Wildman–Crippen LogP) is 2.36. The molecular formula is C14H17N3O2. The molecule has 3 rings (SSSR count). The fraction of sp³-hybridized carbons (Fsp3) is 0.429. The lowest BCUT2D eigenvalue weighted by Gasteiger charge is -2.07. The van der Waals surface area contributed by atoms with E-state index in [1.54, 1.807) is 0 Å². The summed E-state index contributed by atoms with van der Waals surface area (Å²) in [6.07, 6.45) is 2.11. The fourth-order valence-corrected chi connectivity index (χ4v) is 2.29. The summed E-state index contributed by atoms with van der Waals surface area (Å²) < 4.78 is 11.4. The number of ether oxygens (including phenoxy) is 1. The van der Waals surface area contributed by atoms with Crippen molar-refractivity contribution in [2.24, 2.45) is 5.73 Å². The summed E-state index contributed by atoms with van der Waals surface area (Å²) in [4.78, 5) is 0. The van der Waals surface area contributed by atoms with Gasteiger partial charge in [-0.1, -0.05) is 30.3 Å². The van der Waals surface area contributed by atoms with Crippen molar-refractivity contribution in [2.75, 3.05) is 0 Å². The third kappa shape index (κ3) is 2.52. The van der Waals surface area contributed by atoms with Gasteiger partial charge in [0.2, 0.25) is 11.8 Å². The van der Waals surface area contributed by atoms with E-state index < -0.39 is 0 Å². The highest BCUT2D eigenvalue weighted by Gasteiger charge is 2.29. The van der Waals surface area contributed by atoms with Crippen molar-refractivity contribution in [3.05, 3.63) is 47.7 Å². The summed E-state index contributed by atoms with van der Waals surface area (Å²) >= 11 is 0. The van der Waals surface area contributed by atoms with Gasteiger partial charge in [0.1, 0.15) is 12.1 Å². The number of hydrogen-bond acceptors (Lipinski definition) is 5. The molecule has 1 aliphatic heterocycles. The molecule has 0 radical (unpaired) electrons. The van der Waals surface area contributed by atoms with E-state index in [0.717, 1.165) is 18.4 Å². The molecule has 1 aliphatic rings. The molecule has 5 heteroatoms. The van der Waals surface area contributed by atoms with E-state index in [1.165, 1.54) is 0 Å². The van der Waals surface area contributed by atoms with Crippen LogP contribution in [0.3, 0.4) is 0 Å². The number of nitrogens with zero attached hydrogens (tertiary/aromatic N) is 2. The van der Waals surface area contributed by atoms with Crippen LogP contribution in [0.1, 0.15) is 49.3 Å². The number of aromatic nitrogens is 2. The van der Waals surface area contributed by atoms with Gasteiger partial charge in [-0.05, 0) is 25.3 Å². The maximum atomic E-state index is 6.12. The molecule has 0 amide bonds. The standard InChI is InChI=1S/C14H17N3O2/c1-9-7-8-11(18-9)13-16-17-14(19-13)12(15)10-5-3-2-4-6-10/h2-6,9,11-12H,7-8,15H2,1H3. The number of nitrogens with two attached hydrogens (primary N) is 1. The first kappa shape index (κ1) is 12.3. The van der Waals surface area contributed by atoms with Crippen LogP contribution < -0.4 is 5.73 Å². The minimum absolute atomic E-state index is 0.0841. The second kappa shape index (κ2) is 5.11. The van der Waals surface area contributed by atoms with Gasteiger partial charge in [-0.3, -0.25) is 0 Å². The zero-order valence-corrected chi connectivity index (χ0v) is 10.8. The zero-order valence-electron chi connectivity index (χ0n) is 10.8. The number of hydrogen-bond donors (Lipinski definition) is 1. The maximum absolute atomic E-state index is 6.12. The summed E-state index contributed by atoms with van der Waals surface area (Å²) in [7, 11) is 0. The van der Waals surface area contributed by atoms with Crippen LogP contribution in [0.2, 0.25) is 0 Å². The highest BCUT2D eigenvalue weighted by atomic mass is 16.5. The molecule has 2 aromatic rings. The molecule has 1 saturated heterocycles. The molecule has 1 aromatic heterocycles. The Morgan fingerprint density at radius 2 is 2.00 bits per heavy atom. The van der Waals surface area contributed by atoms with Crippen molar-refractivity contribution in [3.8, 4) is 0 Å². The predicted molar refractivity (Wildman–Crippen MR) is 69.3 cm³/mol. The minimum Gasteiger partial charge on any atom is -0.420 e. The Bertz CT molecular complexity index is 541. The average molecular weight is 259 g/mol. The third-order valence-electron chi connectivity index (χ3n) is 3.39. The lowest BCUT2D eigenvalue weighted by atomic mass is 10.1. The SMILES string of the molecule is CC1CCC(c2nnc(C(N)c3ccccc3)o2)O1. The molecule has 100 valence electrons. The first-order chi connectivity index (χ1) is 9.24. The first-order valence-electron chi connectivity index (χ1n) is 6.53. The van der Waals surface area contributed by atoms with E-state index in [1.807, 2.05) is 37.3 Å². The number of rotatable bonds is 3. The van der Waals surface area contributed by atoms with E-state index >= 15 is 0 Å². The molecule has 1 fully saturated rings. The van der Waals surface area contributed by atoms with E-state index in [9.17, 15) is 0 Å². The topological polar surface area (TPSA) is 74.2 Å². The van der Waals surface area contributed by atoms with Gasteiger partial charge in [0.15, 0.2) is 0 Å². The Hall–Kier alpha value is -1.72. The van der Waals surface area contributed by atoms with Gasteiger partial charge < -0.3 is 14.9 Å². The van der Waals surface area contributed by atoms with Gasteiger partial charge in [-0.2, -0.15) is 0 Å². The summed E-state index contributed by atoms with van der Waals surface area (Å²) in [5, 5.41) is 8.10. The molecule has 2 heterocycles. The fourth-order valence-electron chi connectivity index (χ4n) is 2.29. The Morgan fingerprint density at radius 1 is 1.21 bits per heavy atom. The Kier molecular flexibility index (Phi) is 3.31. The van der Waals surface area contributed by atoms with E-state index in [-0.39, 0.29) is 18.2 Å². The Morgan fingerprint density at radius 3 is 2.68 bits per heavy atom. The summed E-state index contributed by atoms with van der Waals surface area (Å²) in [6.45, 7) is 2.05. The summed E-state index contributed by atoms with van der Waals surface area (Å²) in [5.41, 5.74) is 7.08. The highest BCUT2D eigenvalue weighted by Crippen LogP contribution is 2.32. The largest absolute Gasteiger partial charge is 0.420 e. The second-order valence-corrected chi connectivity index (χ2v) is 4.88. The molecular weight excluding hydrogens is 242 g/mol. The molecule has 0 aliphatic carbocycles.